The molecule has 1 N–H and O–H groups in total. The van der Waals surface area contributed by atoms with Crippen LogP contribution in [0.15, 0.2) is 42.5 Å². The van der Waals surface area contributed by atoms with Gasteiger partial charge in [0, 0.05) is 5.69 Å². The molecular formula is C18H18FNO3. The van der Waals surface area contributed by atoms with E-state index in [1.807, 2.05) is 19.9 Å². The van der Waals surface area contributed by atoms with E-state index in [0.717, 1.165) is 11.1 Å². The third-order valence-corrected chi connectivity index (χ3v) is 3.59. The van der Waals surface area contributed by atoms with Crippen molar-refractivity contribution in [1.82, 2.24) is 0 Å². The van der Waals surface area contributed by atoms with Gasteiger partial charge in [0.05, 0.1) is 5.56 Å². The summed E-state index contributed by atoms with van der Waals surface area (Å²) >= 11 is 0. The van der Waals surface area contributed by atoms with E-state index >= 15 is 0 Å². The zero-order valence-corrected chi connectivity index (χ0v) is 13.2. The summed E-state index contributed by atoms with van der Waals surface area (Å²) in [6.45, 7) is 5.22. The maximum atomic E-state index is 12.8. The van der Waals surface area contributed by atoms with Gasteiger partial charge in [0.2, 0.25) is 0 Å². The first-order valence-electron chi connectivity index (χ1n) is 7.22. The second-order valence-electron chi connectivity index (χ2n) is 5.29. The lowest BCUT2D eigenvalue weighted by Gasteiger charge is -2.15. The van der Waals surface area contributed by atoms with Crippen LogP contribution in [0.1, 0.15) is 28.4 Å². The SMILES string of the molecule is Cc1cccc(C(=O)O[C@H](C)C(=O)Nc2ccc(F)cc2)c1C. The van der Waals surface area contributed by atoms with Gasteiger partial charge < -0.3 is 10.1 Å². The first-order chi connectivity index (χ1) is 10.9. The van der Waals surface area contributed by atoms with E-state index in [1.165, 1.54) is 31.2 Å². The number of hydrogen-bond acceptors (Lipinski definition) is 3. The number of esters is 1. The summed E-state index contributed by atoms with van der Waals surface area (Å²) in [6.07, 6.45) is -0.965. The average Bonchev–Trinajstić information content (AvgIpc) is 2.52. The molecule has 2 aromatic carbocycles. The quantitative estimate of drug-likeness (QED) is 0.877. The fraction of sp³-hybridized carbons (Fsp3) is 0.222. The van der Waals surface area contributed by atoms with Gasteiger partial charge in [-0.25, -0.2) is 9.18 Å². The standard InChI is InChI=1S/C18H18FNO3/c1-11-5-4-6-16(12(11)2)18(22)23-13(3)17(21)20-15-9-7-14(19)8-10-15/h4-10,13H,1-3H3,(H,20,21)/t13-/m1/s1. The van der Waals surface area contributed by atoms with Crippen molar-refractivity contribution in [3.05, 3.63) is 65.0 Å². The number of halogens is 1. The molecule has 5 heteroatoms. The molecule has 0 heterocycles. The highest BCUT2D eigenvalue weighted by Crippen LogP contribution is 2.15. The van der Waals surface area contributed by atoms with E-state index in [-0.39, 0.29) is 0 Å². The van der Waals surface area contributed by atoms with Gasteiger partial charge in [0.1, 0.15) is 5.82 Å². The topological polar surface area (TPSA) is 55.4 Å². The van der Waals surface area contributed by atoms with Crippen LogP contribution in [-0.2, 0) is 9.53 Å². The number of benzene rings is 2. The van der Waals surface area contributed by atoms with Crippen molar-refractivity contribution in [2.24, 2.45) is 0 Å². The zero-order chi connectivity index (χ0) is 17.0. The van der Waals surface area contributed by atoms with Gasteiger partial charge in [-0.3, -0.25) is 4.79 Å². The predicted octanol–water partition coefficient (Wildman–Crippen LogP) is 3.63. The Balaban J connectivity index is 2.01. The minimum Gasteiger partial charge on any atom is -0.449 e. The van der Waals surface area contributed by atoms with Crippen molar-refractivity contribution in [3.8, 4) is 0 Å². The van der Waals surface area contributed by atoms with E-state index in [0.29, 0.717) is 11.3 Å². The molecule has 0 aliphatic carbocycles. The van der Waals surface area contributed by atoms with Crippen LogP contribution in [0, 0.1) is 19.7 Å². The van der Waals surface area contributed by atoms with E-state index in [1.54, 1.807) is 12.1 Å². The fourth-order valence-electron chi connectivity index (χ4n) is 2.03. The Morgan fingerprint density at radius 1 is 1.09 bits per heavy atom. The number of anilines is 1. The van der Waals surface area contributed by atoms with Crippen LogP contribution in [0.25, 0.3) is 0 Å². The Bertz CT molecular complexity index is 726. The third-order valence-electron chi connectivity index (χ3n) is 3.59. The molecule has 23 heavy (non-hydrogen) atoms. The molecule has 2 aromatic rings. The lowest BCUT2D eigenvalue weighted by Crippen LogP contribution is -2.30. The molecule has 1 atom stereocenters. The van der Waals surface area contributed by atoms with Gasteiger partial charge in [-0.1, -0.05) is 12.1 Å². The number of rotatable bonds is 4. The molecule has 0 bridgehead atoms. The highest BCUT2D eigenvalue weighted by Gasteiger charge is 2.20. The van der Waals surface area contributed by atoms with Gasteiger partial charge >= 0.3 is 5.97 Å². The molecule has 1 amide bonds. The van der Waals surface area contributed by atoms with Crippen LogP contribution in [0.4, 0.5) is 10.1 Å². The van der Waals surface area contributed by atoms with Crippen LogP contribution < -0.4 is 5.32 Å². The van der Waals surface area contributed by atoms with Crippen molar-refractivity contribution in [2.75, 3.05) is 5.32 Å². The van der Waals surface area contributed by atoms with Crippen molar-refractivity contribution in [1.29, 1.82) is 0 Å². The molecule has 0 aliphatic heterocycles. The number of ether oxygens (including phenoxy) is 1. The summed E-state index contributed by atoms with van der Waals surface area (Å²) < 4.78 is 18.0. The van der Waals surface area contributed by atoms with Crippen molar-refractivity contribution in [2.45, 2.75) is 26.9 Å². The lowest BCUT2D eigenvalue weighted by atomic mass is 10.0. The highest BCUT2D eigenvalue weighted by atomic mass is 19.1. The summed E-state index contributed by atoms with van der Waals surface area (Å²) in [5, 5.41) is 2.57. The van der Waals surface area contributed by atoms with E-state index in [9.17, 15) is 14.0 Å². The van der Waals surface area contributed by atoms with Gasteiger partial charge in [-0.05, 0) is 62.2 Å². The molecule has 120 valence electrons. The number of nitrogens with one attached hydrogen (secondary N) is 1. The first kappa shape index (κ1) is 16.7. The monoisotopic (exact) mass is 315 g/mol. The van der Waals surface area contributed by atoms with Crippen LogP contribution in [0.3, 0.4) is 0 Å². The van der Waals surface area contributed by atoms with Crippen LogP contribution in [0.5, 0.6) is 0 Å². The highest BCUT2D eigenvalue weighted by molar-refractivity contribution is 5.97. The predicted molar refractivity (Wildman–Crippen MR) is 85.8 cm³/mol. The third kappa shape index (κ3) is 4.16. The smallest absolute Gasteiger partial charge is 0.339 e. The molecule has 0 aliphatic rings. The summed E-state index contributed by atoms with van der Waals surface area (Å²) in [5.41, 5.74) is 2.67. The maximum absolute atomic E-state index is 12.8. The summed E-state index contributed by atoms with van der Waals surface area (Å²) in [4.78, 5) is 24.2. The second kappa shape index (κ2) is 7.05. The van der Waals surface area contributed by atoms with Crippen molar-refractivity contribution >= 4 is 17.6 Å². The number of aryl methyl sites for hydroxylation is 1. The minimum absolute atomic E-state index is 0.391. The Kier molecular flexibility index (Phi) is 5.11. The summed E-state index contributed by atoms with van der Waals surface area (Å²) in [5.74, 6) is -1.42. The second-order valence-corrected chi connectivity index (χ2v) is 5.29. The molecule has 4 nitrogen and oxygen atoms in total. The Morgan fingerprint density at radius 2 is 1.74 bits per heavy atom. The first-order valence-corrected chi connectivity index (χ1v) is 7.22. The van der Waals surface area contributed by atoms with E-state index in [2.05, 4.69) is 5.32 Å². The lowest BCUT2D eigenvalue weighted by molar-refractivity contribution is -0.123. The van der Waals surface area contributed by atoms with E-state index < -0.39 is 23.8 Å². The van der Waals surface area contributed by atoms with E-state index in [4.69, 9.17) is 4.74 Å². The van der Waals surface area contributed by atoms with Gasteiger partial charge in [-0.2, -0.15) is 0 Å². The molecule has 0 spiro atoms. The number of hydrogen-bond donors (Lipinski definition) is 1. The molecule has 0 unspecified atom stereocenters. The average molecular weight is 315 g/mol. The molecule has 2 rings (SSSR count). The van der Waals surface area contributed by atoms with Crippen LogP contribution in [0.2, 0.25) is 0 Å². The minimum atomic E-state index is -0.965. The fourth-order valence-corrected chi connectivity index (χ4v) is 2.03. The zero-order valence-electron chi connectivity index (χ0n) is 13.2. The molecular weight excluding hydrogens is 297 g/mol. The maximum Gasteiger partial charge on any atom is 0.339 e. The molecule has 0 fully saturated rings. The summed E-state index contributed by atoms with van der Waals surface area (Å²) in [6, 6.07) is 10.7. The Morgan fingerprint density at radius 3 is 2.39 bits per heavy atom. The largest absolute Gasteiger partial charge is 0.449 e. The summed E-state index contributed by atoms with van der Waals surface area (Å²) in [7, 11) is 0. The molecule has 0 saturated heterocycles. The number of carbonyl (C=O) groups is 2. The number of amides is 1. The van der Waals surface area contributed by atoms with Crippen molar-refractivity contribution < 1.29 is 18.7 Å². The van der Waals surface area contributed by atoms with Gasteiger partial charge in [0.15, 0.2) is 6.10 Å². The Labute approximate surface area is 134 Å². The van der Waals surface area contributed by atoms with Crippen molar-refractivity contribution in [3.63, 3.8) is 0 Å². The number of carbonyl (C=O) groups excluding carboxylic acids is 2. The van der Waals surface area contributed by atoms with Crippen LogP contribution in [-0.4, -0.2) is 18.0 Å². The normalized spacial score (nSPS) is 11.7. The molecule has 0 aromatic heterocycles. The van der Waals surface area contributed by atoms with Gasteiger partial charge in [-0.15, -0.1) is 0 Å². The van der Waals surface area contributed by atoms with Gasteiger partial charge in [0.25, 0.3) is 5.91 Å². The Hall–Kier alpha value is -2.69. The molecule has 0 radical (unpaired) electrons. The molecule has 0 saturated carbocycles. The van der Waals surface area contributed by atoms with Crippen LogP contribution >= 0.6 is 0 Å².